The zero-order chi connectivity index (χ0) is 27.3. The molecule has 0 atom stereocenters. The number of pyridine rings is 1. The number of aromatic nitrogens is 1. The number of hydrogen-bond acceptors (Lipinski definition) is 7. The second-order valence-electron chi connectivity index (χ2n) is 8.22. The summed E-state index contributed by atoms with van der Waals surface area (Å²) in [4.78, 5) is 9.84. The second-order valence-corrected chi connectivity index (χ2v) is 10.2. The molecule has 1 fully saturated rings. The van der Waals surface area contributed by atoms with Gasteiger partial charge in [-0.25, -0.2) is 17.8 Å². The molecule has 2 aromatic carbocycles. The molecule has 1 saturated heterocycles. The molecule has 4 rings (SSSR count). The van der Waals surface area contributed by atoms with Crippen molar-refractivity contribution in [2.24, 2.45) is 5.16 Å². The SMILES string of the molecule is COc1ccc(CON=C2CCN(S(=O)(=O)c3ccc(OC(F)(F)F)cc3)CC2)c(-c2ccc(F)cc2)n1. The Morgan fingerprint density at radius 3 is 2.24 bits per heavy atom. The van der Waals surface area contributed by atoms with E-state index in [1.54, 1.807) is 24.3 Å². The van der Waals surface area contributed by atoms with Gasteiger partial charge in [0, 0.05) is 43.1 Å². The van der Waals surface area contributed by atoms with Crippen molar-refractivity contribution in [1.29, 1.82) is 0 Å². The fourth-order valence-corrected chi connectivity index (χ4v) is 5.23. The van der Waals surface area contributed by atoms with Crippen LogP contribution in [0.25, 0.3) is 11.3 Å². The van der Waals surface area contributed by atoms with E-state index in [0.29, 0.717) is 41.3 Å². The van der Waals surface area contributed by atoms with E-state index in [9.17, 15) is 26.0 Å². The van der Waals surface area contributed by atoms with E-state index >= 15 is 0 Å². The van der Waals surface area contributed by atoms with Gasteiger partial charge >= 0.3 is 6.36 Å². The van der Waals surface area contributed by atoms with Gasteiger partial charge in [0.05, 0.1) is 23.4 Å². The third-order valence-electron chi connectivity index (χ3n) is 5.69. The van der Waals surface area contributed by atoms with Crippen molar-refractivity contribution in [2.75, 3.05) is 20.2 Å². The van der Waals surface area contributed by atoms with E-state index in [1.807, 2.05) is 0 Å². The molecule has 1 aliphatic rings. The topological polar surface area (TPSA) is 90.3 Å². The fourth-order valence-electron chi connectivity index (χ4n) is 3.79. The first-order chi connectivity index (χ1) is 18.0. The summed E-state index contributed by atoms with van der Waals surface area (Å²) in [5.41, 5.74) is 2.58. The highest BCUT2D eigenvalue weighted by Crippen LogP contribution is 2.27. The van der Waals surface area contributed by atoms with Gasteiger partial charge in [0.15, 0.2) is 0 Å². The van der Waals surface area contributed by atoms with Gasteiger partial charge in [-0.15, -0.1) is 13.2 Å². The van der Waals surface area contributed by atoms with Gasteiger partial charge in [-0.2, -0.15) is 4.31 Å². The maximum atomic E-state index is 13.4. The van der Waals surface area contributed by atoms with Crippen LogP contribution in [0.15, 0.2) is 70.7 Å². The number of alkyl halides is 3. The van der Waals surface area contributed by atoms with Crippen molar-refractivity contribution < 1.29 is 40.3 Å². The molecule has 0 amide bonds. The molecule has 38 heavy (non-hydrogen) atoms. The predicted molar refractivity (Wildman–Crippen MR) is 130 cm³/mol. The molecule has 8 nitrogen and oxygen atoms in total. The minimum Gasteiger partial charge on any atom is -0.481 e. The number of benzene rings is 2. The van der Waals surface area contributed by atoms with Crippen molar-refractivity contribution >= 4 is 15.7 Å². The number of halogens is 4. The normalized spacial score (nSPS) is 14.7. The average Bonchev–Trinajstić information content (AvgIpc) is 2.89. The Bertz CT molecular complexity index is 1390. The third kappa shape index (κ3) is 6.78. The first kappa shape index (κ1) is 27.3. The van der Waals surface area contributed by atoms with Crippen molar-refractivity contribution in [1.82, 2.24) is 9.29 Å². The van der Waals surface area contributed by atoms with Crippen LogP contribution in [-0.4, -0.2) is 50.0 Å². The highest BCUT2D eigenvalue weighted by atomic mass is 32.2. The largest absolute Gasteiger partial charge is 0.573 e. The van der Waals surface area contributed by atoms with Crippen LogP contribution in [0.5, 0.6) is 11.6 Å². The lowest BCUT2D eigenvalue weighted by Gasteiger charge is -2.26. The number of piperidine rings is 1. The van der Waals surface area contributed by atoms with Gasteiger partial charge < -0.3 is 14.3 Å². The highest BCUT2D eigenvalue weighted by Gasteiger charge is 2.32. The molecule has 2 heterocycles. The number of ether oxygens (including phenoxy) is 2. The minimum atomic E-state index is -4.86. The molecule has 1 aromatic heterocycles. The molecule has 202 valence electrons. The zero-order valence-corrected chi connectivity index (χ0v) is 20.9. The number of nitrogens with zero attached hydrogens (tertiary/aromatic N) is 3. The fraction of sp³-hybridized carbons (Fsp3) is 0.280. The minimum absolute atomic E-state index is 0.0710. The van der Waals surface area contributed by atoms with Crippen LogP contribution in [-0.2, 0) is 21.5 Å². The van der Waals surface area contributed by atoms with Gasteiger partial charge in [0.1, 0.15) is 18.2 Å². The summed E-state index contributed by atoms with van der Waals surface area (Å²) >= 11 is 0. The number of oxime groups is 1. The molecule has 3 aromatic rings. The summed E-state index contributed by atoms with van der Waals surface area (Å²) in [6.07, 6.45) is -4.22. The van der Waals surface area contributed by atoms with Crippen LogP contribution < -0.4 is 9.47 Å². The number of methoxy groups -OCH3 is 1. The van der Waals surface area contributed by atoms with Crippen LogP contribution in [0, 0.1) is 5.82 Å². The molecule has 0 N–H and O–H groups in total. The molecular formula is C25H23F4N3O5S. The first-order valence-corrected chi connectivity index (χ1v) is 12.8. The molecular weight excluding hydrogens is 530 g/mol. The molecule has 0 bridgehead atoms. The Labute approximate surface area is 216 Å². The number of rotatable bonds is 8. The first-order valence-electron chi connectivity index (χ1n) is 11.4. The van der Waals surface area contributed by atoms with Gasteiger partial charge in [0.25, 0.3) is 0 Å². The Hall–Kier alpha value is -3.71. The predicted octanol–water partition coefficient (Wildman–Crippen LogP) is 5.15. The van der Waals surface area contributed by atoms with Crippen LogP contribution in [0.3, 0.4) is 0 Å². The van der Waals surface area contributed by atoms with E-state index < -0.39 is 22.1 Å². The van der Waals surface area contributed by atoms with E-state index in [2.05, 4.69) is 14.9 Å². The Morgan fingerprint density at radius 2 is 1.63 bits per heavy atom. The molecule has 0 spiro atoms. The Morgan fingerprint density at radius 1 is 0.974 bits per heavy atom. The summed E-state index contributed by atoms with van der Waals surface area (Å²) in [5.74, 6) is -0.492. The summed E-state index contributed by atoms with van der Waals surface area (Å²) in [6, 6.07) is 13.4. The molecule has 1 aliphatic heterocycles. The van der Waals surface area contributed by atoms with Gasteiger partial charge in [-0.05, 0) is 54.6 Å². The molecule has 0 unspecified atom stereocenters. The summed E-state index contributed by atoms with van der Waals surface area (Å²) in [7, 11) is -2.41. The maximum absolute atomic E-state index is 13.4. The van der Waals surface area contributed by atoms with E-state index in [-0.39, 0.29) is 30.4 Å². The van der Waals surface area contributed by atoms with Crippen molar-refractivity contribution in [2.45, 2.75) is 30.7 Å². The highest BCUT2D eigenvalue weighted by molar-refractivity contribution is 7.89. The maximum Gasteiger partial charge on any atom is 0.573 e. The smallest absolute Gasteiger partial charge is 0.481 e. The van der Waals surface area contributed by atoms with Crippen LogP contribution in [0.2, 0.25) is 0 Å². The lowest BCUT2D eigenvalue weighted by atomic mass is 10.1. The van der Waals surface area contributed by atoms with E-state index in [0.717, 1.165) is 24.3 Å². The molecule has 0 aliphatic carbocycles. The van der Waals surface area contributed by atoms with Gasteiger partial charge in [-0.1, -0.05) is 5.16 Å². The van der Waals surface area contributed by atoms with Crippen molar-refractivity contribution in [3.63, 3.8) is 0 Å². The van der Waals surface area contributed by atoms with E-state index in [4.69, 9.17) is 9.57 Å². The molecule has 0 radical (unpaired) electrons. The zero-order valence-electron chi connectivity index (χ0n) is 20.1. The van der Waals surface area contributed by atoms with Crippen LogP contribution in [0.1, 0.15) is 18.4 Å². The molecule has 0 saturated carbocycles. The Balaban J connectivity index is 1.37. The second kappa shape index (κ2) is 11.4. The third-order valence-corrected chi connectivity index (χ3v) is 7.60. The molecule has 13 heteroatoms. The summed E-state index contributed by atoms with van der Waals surface area (Å²) in [6.45, 7) is 0.341. The van der Waals surface area contributed by atoms with Gasteiger partial charge in [0.2, 0.25) is 15.9 Å². The summed E-state index contributed by atoms with van der Waals surface area (Å²) < 4.78 is 86.4. The van der Waals surface area contributed by atoms with Crippen LogP contribution in [0.4, 0.5) is 17.6 Å². The quantitative estimate of drug-likeness (QED) is 0.283. The summed E-state index contributed by atoms with van der Waals surface area (Å²) in [5, 5.41) is 4.16. The monoisotopic (exact) mass is 553 g/mol. The van der Waals surface area contributed by atoms with Crippen molar-refractivity contribution in [3.8, 4) is 22.9 Å². The Kier molecular flexibility index (Phi) is 8.17. The average molecular weight is 554 g/mol. The van der Waals surface area contributed by atoms with Crippen molar-refractivity contribution in [3.05, 3.63) is 72.0 Å². The van der Waals surface area contributed by atoms with Crippen LogP contribution >= 0.6 is 0 Å². The number of hydrogen-bond donors (Lipinski definition) is 0. The standard InChI is InChI=1S/C25H23F4N3O5S/c1-35-23-11-4-18(24(30-23)17-2-5-19(26)6-3-17)16-36-31-20-12-14-32(15-13-20)38(33,34)22-9-7-21(8-10-22)37-25(27,28)29/h2-11H,12-16H2,1H3. The lowest BCUT2D eigenvalue weighted by Crippen LogP contribution is -2.38. The van der Waals surface area contributed by atoms with Gasteiger partial charge in [-0.3, -0.25) is 0 Å². The lowest BCUT2D eigenvalue weighted by molar-refractivity contribution is -0.274. The van der Waals surface area contributed by atoms with E-state index in [1.165, 1.54) is 23.5 Å². The number of sulfonamides is 1.